The molecule has 2 aliphatic rings. The Morgan fingerprint density at radius 2 is 1.79 bits per heavy atom. The van der Waals surface area contributed by atoms with E-state index in [9.17, 15) is 23.1 Å². The number of amides is 1. The van der Waals surface area contributed by atoms with Gasteiger partial charge in [-0.1, -0.05) is 58.2 Å². The van der Waals surface area contributed by atoms with Crippen LogP contribution in [0.3, 0.4) is 0 Å². The number of nitrogens with zero attached hydrogens (tertiary/aromatic N) is 1. The molecule has 0 aromatic heterocycles. The van der Waals surface area contributed by atoms with Gasteiger partial charge in [0.2, 0.25) is 5.91 Å². The number of aliphatic hydroxyl groups is 1. The summed E-state index contributed by atoms with van der Waals surface area (Å²) in [5, 5.41) is 11.5. The van der Waals surface area contributed by atoms with E-state index in [1.807, 2.05) is 4.90 Å². The topological polar surface area (TPSA) is 40.5 Å². The minimum Gasteiger partial charge on any atom is -0.389 e. The number of carbonyl (C=O) groups excluding carboxylic acids is 1. The number of hydrogen-bond acceptors (Lipinski definition) is 2. The molecule has 3 rings (SSSR count). The zero-order valence-electron chi connectivity index (χ0n) is 17.6. The van der Waals surface area contributed by atoms with Crippen LogP contribution in [-0.4, -0.2) is 34.1 Å². The van der Waals surface area contributed by atoms with Gasteiger partial charge in [-0.2, -0.15) is 13.2 Å². The van der Waals surface area contributed by atoms with Gasteiger partial charge in [0.1, 0.15) is 0 Å². The maximum atomic E-state index is 13.8. The molecule has 0 spiro atoms. The molecule has 2 unspecified atom stereocenters. The molecular formula is C23H32F3NO2. The number of alkyl halides is 3. The summed E-state index contributed by atoms with van der Waals surface area (Å²) in [6.45, 7) is 6.83. The standard InChI is InChI=1S/C23H32F3NO2/c1-21(2,3)18-11-8-14-27(18)20(28)19(22(29)12-5-4-6-13-22)16-9-7-10-17(15-16)23(24,25)26/h7,9-10,15,18-19,29H,4-6,8,11-14H2,1-3H3. The highest BCUT2D eigenvalue weighted by atomic mass is 19.4. The molecule has 162 valence electrons. The van der Waals surface area contributed by atoms with E-state index in [2.05, 4.69) is 20.8 Å². The molecule has 2 fully saturated rings. The fraction of sp³-hybridized carbons (Fsp3) is 0.696. The number of hydrogen-bond donors (Lipinski definition) is 1. The average molecular weight is 412 g/mol. The first-order valence-electron chi connectivity index (χ1n) is 10.6. The minimum atomic E-state index is -4.49. The Balaban J connectivity index is 2.04. The van der Waals surface area contributed by atoms with E-state index in [0.717, 1.165) is 44.2 Å². The average Bonchev–Trinajstić information content (AvgIpc) is 3.12. The predicted octanol–water partition coefficient (Wildman–Crippen LogP) is 5.52. The first-order valence-corrected chi connectivity index (χ1v) is 10.6. The van der Waals surface area contributed by atoms with Gasteiger partial charge in [0.25, 0.3) is 0 Å². The maximum absolute atomic E-state index is 13.8. The van der Waals surface area contributed by atoms with Gasteiger partial charge in [0, 0.05) is 12.6 Å². The Hall–Kier alpha value is -1.56. The Labute approximate surface area is 171 Å². The van der Waals surface area contributed by atoms with E-state index in [1.165, 1.54) is 6.07 Å². The zero-order chi connectivity index (χ0) is 21.4. The number of rotatable bonds is 3. The highest BCUT2D eigenvalue weighted by molar-refractivity contribution is 5.86. The van der Waals surface area contributed by atoms with E-state index in [4.69, 9.17) is 0 Å². The normalized spacial score (nSPS) is 23.8. The molecule has 29 heavy (non-hydrogen) atoms. The lowest BCUT2D eigenvalue weighted by atomic mass is 9.71. The van der Waals surface area contributed by atoms with E-state index < -0.39 is 23.3 Å². The number of halogens is 3. The molecule has 2 atom stereocenters. The molecule has 1 saturated carbocycles. The molecule has 6 heteroatoms. The van der Waals surface area contributed by atoms with E-state index in [1.54, 1.807) is 6.07 Å². The van der Waals surface area contributed by atoms with Crippen LogP contribution in [0.25, 0.3) is 0 Å². The van der Waals surface area contributed by atoms with Gasteiger partial charge in [0.05, 0.1) is 17.1 Å². The van der Waals surface area contributed by atoms with Crippen LogP contribution in [0.2, 0.25) is 0 Å². The van der Waals surface area contributed by atoms with Crippen molar-refractivity contribution in [3.05, 3.63) is 35.4 Å². The van der Waals surface area contributed by atoms with E-state index >= 15 is 0 Å². The number of likely N-dealkylation sites (tertiary alicyclic amines) is 1. The summed E-state index contributed by atoms with van der Waals surface area (Å²) in [5.74, 6) is -1.20. The van der Waals surface area contributed by atoms with Crippen molar-refractivity contribution in [2.75, 3.05) is 6.54 Å². The summed E-state index contributed by atoms with van der Waals surface area (Å²) in [4.78, 5) is 15.6. The van der Waals surface area contributed by atoms with Crippen molar-refractivity contribution in [2.24, 2.45) is 5.41 Å². The van der Waals surface area contributed by atoms with Crippen LogP contribution in [0.15, 0.2) is 24.3 Å². The van der Waals surface area contributed by atoms with Crippen LogP contribution in [0, 0.1) is 5.41 Å². The molecule has 3 nitrogen and oxygen atoms in total. The molecule has 1 saturated heterocycles. The second-order valence-corrected chi connectivity index (χ2v) is 9.78. The molecule has 1 N–H and O–H groups in total. The van der Waals surface area contributed by atoms with Crippen molar-refractivity contribution in [3.63, 3.8) is 0 Å². The second kappa shape index (κ2) is 7.93. The number of carbonyl (C=O) groups is 1. The van der Waals surface area contributed by atoms with Crippen molar-refractivity contribution in [2.45, 2.75) is 89.5 Å². The second-order valence-electron chi connectivity index (χ2n) is 9.78. The maximum Gasteiger partial charge on any atom is 0.416 e. The first-order chi connectivity index (χ1) is 13.4. The lowest BCUT2D eigenvalue weighted by Crippen LogP contribution is -2.51. The van der Waals surface area contributed by atoms with Crippen LogP contribution >= 0.6 is 0 Å². The van der Waals surface area contributed by atoms with Gasteiger partial charge in [-0.3, -0.25) is 4.79 Å². The van der Waals surface area contributed by atoms with Crippen molar-refractivity contribution in [1.82, 2.24) is 4.90 Å². The minimum absolute atomic E-state index is 0.0236. The van der Waals surface area contributed by atoms with E-state index in [0.29, 0.717) is 19.4 Å². The van der Waals surface area contributed by atoms with Crippen LogP contribution in [0.5, 0.6) is 0 Å². The fourth-order valence-corrected chi connectivity index (χ4v) is 5.13. The molecule has 1 aliphatic carbocycles. The highest BCUT2D eigenvalue weighted by Crippen LogP contribution is 2.44. The Kier molecular flexibility index (Phi) is 6.06. The monoisotopic (exact) mass is 411 g/mol. The van der Waals surface area contributed by atoms with Gasteiger partial charge in [0.15, 0.2) is 0 Å². The summed E-state index contributed by atoms with van der Waals surface area (Å²) in [6, 6.07) is 5.00. The Bertz CT molecular complexity index is 732. The largest absolute Gasteiger partial charge is 0.416 e. The lowest BCUT2D eigenvalue weighted by molar-refractivity contribution is -0.145. The van der Waals surface area contributed by atoms with Crippen LogP contribution in [0.1, 0.15) is 82.8 Å². The molecule has 1 aromatic carbocycles. The lowest BCUT2D eigenvalue weighted by Gasteiger charge is -2.43. The summed E-state index contributed by atoms with van der Waals surface area (Å²) in [6.07, 6.45) is 0.677. The van der Waals surface area contributed by atoms with Crippen molar-refractivity contribution < 1.29 is 23.1 Å². The van der Waals surface area contributed by atoms with Crippen LogP contribution in [0.4, 0.5) is 13.2 Å². The summed E-state index contributed by atoms with van der Waals surface area (Å²) >= 11 is 0. The molecule has 1 amide bonds. The molecule has 1 heterocycles. The summed E-state index contributed by atoms with van der Waals surface area (Å²) in [7, 11) is 0. The third kappa shape index (κ3) is 4.62. The van der Waals surface area contributed by atoms with Gasteiger partial charge in [-0.15, -0.1) is 0 Å². The summed E-state index contributed by atoms with van der Waals surface area (Å²) in [5.41, 5.74) is -1.93. The van der Waals surface area contributed by atoms with Crippen molar-refractivity contribution in [3.8, 4) is 0 Å². The number of benzene rings is 1. The quantitative estimate of drug-likeness (QED) is 0.711. The van der Waals surface area contributed by atoms with Crippen LogP contribution < -0.4 is 0 Å². The van der Waals surface area contributed by atoms with Crippen molar-refractivity contribution >= 4 is 5.91 Å². The molecular weight excluding hydrogens is 379 g/mol. The fourth-order valence-electron chi connectivity index (χ4n) is 5.13. The summed E-state index contributed by atoms with van der Waals surface area (Å²) < 4.78 is 40.0. The molecule has 0 bridgehead atoms. The molecule has 1 aromatic rings. The van der Waals surface area contributed by atoms with Crippen molar-refractivity contribution in [1.29, 1.82) is 0 Å². The molecule has 1 aliphatic heterocycles. The SMILES string of the molecule is CC(C)(C)C1CCCN1C(=O)C(c1cccc(C(F)(F)F)c1)C1(O)CCCCC1. The van der Waals surface area contributed by atoms with Crippen LogP contribution in [-0.2, 0) is 11.0 Å². The highest BCUT2D eigenvalue weighted by Gasteiger charge is 2.48. The van der Waals surface area contributed by atoms with Gasteiger partial charge in [-0.25, -0.2) is 0 Å². The third-order valence-electron chi connectivity index (χ3n) is 6.59. The predicted molar refractivity (Wildman–Crippen MR) is 106 cm³/mol. The Morgan fingerprint density at radius 3 is 2.38 bits per heavy atom. The van der Waals surface area contributed by atoms with Gasteiger partial charge < -0.3 is 10.0 Å². The zero-order valence-corrected chi connectivity index (χ0v) is 17.6. The van der Waals surface area contributed by atoms with Gasteiger partial charge >= 0.3 is 6.18 Å². The smallest absolute Gasteiger partial charge is 0.389 e. The van der Waals surface area contributed by atoms with Gasteiger partial charge in [-0.05, 0) is 42.7 Å². The third-order valence-corrected chi connectivity index (χ3v) is 6.59. The molecule has 0 radical (unpaired) electrons. The van der Waals surface area contributed by atoms with E-state index in [-0.39, 0.29) is 22.9 Å². The first kappa shape index (κ1) is 22.1. The Morgan fingerprint density at radius 1 is 1.14 bits per heavy atom.